The number of benzene rings is 1. The molecule has 0 atom stereocenters. The van der Waals surface area contributed by atoms with Crippen molar-refractivity contribution in [2.24, 2.45) is 0 Å². The van der Waals surface area contributed by atoms with Gasteiger partial charge >= 0.3 is 5.97 Å². The first-order chi connectivity index (χ1) is 15.5. The van der Waals surface area contributed by atoms with Crippen LogP contribution in [-0.2, 0) is 22.5 Å². The third-order valence-electron chi connectivity index (χ3n) is 5.83. The second-order valence-corrected chi connectivity index (χ2v) is 9.08. The van der Waals surface area contributed by atoms with E-state index >= 15 is 0 Å². The van der Waals surface area contributed by atoms with Gasteiger partial charge in [-0.2, -0.15) is 0 Å². The van der Waals surface area contributed by atoms with E-state index in [0.717, 1.165) is 55.7 Å². The van der Waals surface area contributed by atoms with Crippen LogP contribution in [0.25, 0.3) is 10.2 Å². The Labute approximate surface area is 190 Å². The minimum absolute atomic E-state index is 0.0338. The molecule has 1 amide bonds. The lowest BCUT2D eigenvalue weighted by Gasteiger charge is -2.20. The first kappa shape index (κ1) is 22.2. The zero-order valence-corrected chi connectivity index (χ0v) is 19.0. The Kier molecular flexibility index (Phi) is 6.99. The van der Waals surface area contributed by atoms with Gasteiger partial charge in [-0.05, 0) is 30.9 Å². The van der Waals surface area contributed by atoms with Crippen molar-refractivity contribution < 1.29 is 14.3 Å². The van der Waals surface area contributed by atoms with E-state index in [4.69, 9.17) is 4.74 Å². The van der Waals surface area contributed by atoms with Gasteiger partial charge < -0.3 is 9.64 Å². The lowest BCUT2D eigenvalue weighted by Crippen LogP contribution is -2.37. The predicted octanol–water partition coefficient (Wildman–Crippen LogP) is 3.57. The zero-order valence-electron chi connectivity index (χ0n) is 18.2. The summed E-state index contributed by atoms with van der Waals surface area (Å²) in [6.45, 7) is 3.43. The van der Waals surface area contributed by atoms with Gasteiger partial charge in [0.2, 0.25) is 5.91 Å². The molecule has 4 rings (SSSR count). The van der Waals surface area contributed by atoms with Crippen LogP contribution < -0.4 is 5.56 Å². The summed E-state index contributed by atoms with van der Waals surface area (Å²) in [5, 5.41) is 0.385. The van der Waals surface area contributed by atoms with Crippen molar-refractivity contribution >= 4 is 33.4 Å². The van der Waals surface area contributed by atoms with E-state index < -0.39 is 5.97 Å². The predicted molar refractivity (Wildman–Crippen MR) is 124 cm³/mol. The summed E-state index contributed by atoms with van der Waals surface area (Å²) >= 11 is 1.16. The Hall–Kier alpha value is -3.00. The Balaban J connectivity index is 1.48. The van der Waals surface area contributed by atoms with E-state index in [2.05, 4.69) is 4.98 Å². The lowest BCUT2D eigenvalue weighted by atomic mass is 10.2. The molecule has 3 heterocycles. The van der Waals surface area contributed by atoms with E-state index in [1.807, 2.05) is 35.2 Å². The van der Waals surface area contributed by atoms with Gasteiger partial charge in [0.15, 0.2) is 0 Å². The largest absolute Gasteiger partial charge is 0.461 e. The third-order valence-corrected chi connectivity index (χ3v) is 7.01. The fourth-order valence-corrected chi connectivity index (χ4v) is 5.04. The number of aryl methyl sites for hydroxylation is 1. The Morgan fingerprint density at radius 2 is 1.81 bits per heavy atom. The molecular weight excluding hydrogens is 426 g/mol. The normalized spacial score (nSPS) is 14.3. The van der Waals surface area contributed by atoms with E-state index in [0.29, 0.717) is 27.1 Å². The Morgan fingerprint density at radius 1 is 1.09 bits per heavy atom. The topological polar surface area (TPSA) is 81.5 Å². The number of hydrogen-bond donors (Lipinski definition) is 0. The van der Waals surface area contributed by atoms with E-state index in [-0.39, 0.29) is 24.6 Å². The minimum Gasteiger partial charge on any atom is -0.461 e. The number of rotatable bonds is 6. The van der Waals surface area contributed by atoms with Gasteiger partial charge in [-0.15, -0.1) is 11.3 Å². The number of aromatic nitrogens is 2. The zero-order chi connectivity index (χ0) is 22.5. The average Bonchev–Trinajstić information content (AvgIpc) is 2.96. The average molecular weight is 454 g/mol. The van der Waals surface area contributed by atoms with Crippen molar-refractivity contribution in [3.63, 3.8) is 0 Å². The van der Waals surface area contributed by atoms with Crippen molar-refractivity contribution in [3.8, 4) is 0 Å². The van der Waals surface area contributed by atoms with Gasteiger partial charge in [-0.1, -0.05) is 43.2 Å². The fourth-order valence-electron chi connectivity index (χ4n) is 4.00. The van der Waals surface area contributed by atoms with Crippen LogP contribution in [0.4, 0.5) is 0 Å². The Morgan fingerprint density at radius 3 is 2.53 bits per heavy atom. The molecule has 1 aromatic carbocycles. The maximum absolute atomic E-state index is 13.1. The quantitative estimate of drug-likeness (QED) is 0.533. The summed E-state index contributed by atoms with van der Waals surface area (Å²) in [6, 6.07) is 9.80. The number of fused-ring (bicyclic) bond motifs is 1. The second kappa shape index (κ2) is 10.1. The fraction of sp³-hybridized carbons (Fsp3) is 0.417. The Bertz CT molecular complexity index is 1160. The van der Waals surface area contributed by atoms with Crippen LogP contribution in [0.15, 0.2) is 41.5 Å². The number of ether oxygens (including phenoxy) is 1. The highest BCUT2D eigenvalue weighted by Gasteiger charge is 2.22. The van der Waals surface area contributed by atoms with Gasteiger partial charge in [0.05, 0.1) is 18.3 Å². The highest BCUT2D eigenvalue weighted by molar-refractivity contribution is 7.20. The van der Waals surface area contributed by atoms with Gasteiger partial charge in [0, 0.05) is 19.5 Å². The molecule has 32 heavy (non-hydrogen) atoms. The van der Waals surface area contributed by atoms with Crippen LogP contribution in [0.1, 0.15) is 46.5 Å². The molecule has 7 nitrogen and oxygen atoms in total. The molecule has 0 bridgehead atoms. The number of amides is 1. The van der Waals surface area contributed by atoms with E-state index in [9.17, 15) is 14.4 Å². The summed E-state index contributed by atoms with van der Waals surface area (Å²) in [5.41, 5.74) is 1.35. The summed E-state index contributed by atoms with van der Waals surface area (Å²) in [6.07, 6.45) is 6.29. The van der Waals surface area contributed by atoms with Gasteiger partial charge in [0.25, 0.3) is 5.56 Å². The molecule has 3 aromatic rings. The molecule has 168 valence electrons. The number of esters is 1. The van der Waals surface area contributed by atoms with Crippen molar-refractivity contribution in [2.45, 2.75) is 45.6 Å². The van der Waals surface area contributed by atoms with Gasteiger partial charge in [-0.25, -0.2) is 9.78 Å². The first-order valence-electron chi connectivity index (χ1n) is 11.0. The third kappa shape index (κ3) is 4.91. The summed E-state index contributed by atoms with van der Waals surface area (Å²) in [4.78, 5) is 45.5. The lowest BCUT2D eigenvalue weighted by molar-refractivity contribution is -0.131. The van der Waals surface area contributed by atoms with E-state index in [1.165, 1.54) is 10.9 Å². The molecule has 1 saturated heterocycles. The van der Waals surface area contributed by atoms with Crippen LogP contribution in [0.3, 0.4) is 0 Å². The monoisotopic (exact) mass is 453 g/mol. The van der Waals surface area contributed by atoms with Crippen molar-refractivity contribution in [2.75, 3.05) is 19.7 Å². The minimum atomic E-state index is -0.451. The molecule has 0 saturated carbocycles. The first-order valence-corrected chi connectivity index (χ1v) is 11.8. The standard InChI is InChI=1S/C24H27N3O4S/c1-17-20-22(32-21(17)24(30)31-14-11-18-9-5-4-6-10-18)25-16-27(23(20)29)15-19(28)26-12-7-2-3-8-13-26/h4-6,9-10,16H,2-3,7-8,11-15H2,1H3. The van der Waals surface area contributed by atoms with Crippen LogP contribution in [0.5, 0.6) is 0 Å². The van der Waals surface area contributed by atoms with Crippen molar-refractivity contribution in [1.29, 1.82) is 0 Å². The molecule has 0 aliphatic carbocycles. The highest BCUT2D eigenvalue weighted by Crippen LogP contribution is 2.27. The number of nitrogens with zero attached hydrogens (tertiary/aromatic N) is 3. The molecular formula is C24H27N3O4S. The van der Waals surface area contributed by atoms with Gasteiger partial charge in [0.1, 0.15) is 16.3 Å². The smallest absolute Gasteiger partial charge is 0.348 e. The molecule has 2 aromatic heterocycles. The molecule has 0 unspecified atom stereocenters. The SMILES string of the molecule is Cc1c(C(=O)OCCc2ccccc2)sc2ncn(CC(=O)N3CCCCCC3)c(=O)c12. The molecule has 1 aliphatic rings. The van der Waals surface area contributed by atoms with Crippen LogP contribution >= 0.6 is 11.3 Å². The van der Waals surface area contributed by atoms with Gasteiger partial charge in [-0.3, -0.25) is 14.2 Å². The van der Waals surface area contributed by atoms with Crippen LogP contribution in [0.2, 0.25) is 0 Å². The summed E-state index contributed by atoms with van der Waals surface area (Å²) in [5.74, 6) is -0.517. The van der Waals surface area contributed by atoms with Crippen molar-refractivity contribution in [1.82, 2.24) is 14.5 Å². The molecule has 0 radical (unpaired) electrons. The number of thiophene rings is 1. The number of hydrogen-bond acceptors (Lipinski definition) is 6. The summed E-state index contributed by atoms with van der Waals surface area (Å²) < 4.78 is 6.79. The summed E-state index contributed by atoms with van der Waals surface area (Å²) in [7, 11) is 0. The van der Waals surface area contributed by atoms with E-state index in [1.54, 1.807) is 6.92 Å². The molecule has 0 N–H and O–H groups in total. The second-order valence-electron chi connectivity index (χ2n) is 8.08. The van der Waals surface area contributed by atoms with Crippen LogP contribution in [-0.4, -0.2) is 46.0 Å². The van der Waals surface area contributed by atoms with Crippen LogP contribution in [0, 0.1) is 6.92 Å². The molecule has 8 heteroatoms. The highest BCUT2D eigenvalue weighted by atomic mass is 32.1. The van der Waals surface area contributed by atoms with Crippen molar-refractivity contribution in [3.05, 3.63) is 63.0 Å². The molecule has 0 spiro atoms. The number of carbonyl (C=O) groups excluding carboxylic acids is 2. The molecule has 1 fully saturated rings. The molecule has 1 aliphatic heterocycles. The number of likely N-dealkylation sites (tertiary alicyclic amines) is 1. The number of carbonyl (C=O) groups is 2. The maximum atomic E-state index is 13.1. The maximum Gasteiger partial charge on any atom is 0.348 e.